The van der Waals surface area contributed by atoms with Crippen LogP contribution >= 0.6 is 0 Å². The summed E-state index contributed by atoms with van der Waals surface area (Å²) in [4.78, 5) is 7.18. The molecule has 2 atom stereocenters. The fraction of sp³-hybridized carbons (Fsp3) is 0.375. The van der Waals surface area contributed by atoms with Crippen molar-refractivity contribution in [3.8, 4) is 0 Å². The largest absolute Gasteiger partial charge is 0.380 e. The number of benzene rings is 2. The first kappa shape index (κ1) is 18.4. The zero-order chi connectivity index (χ0) is 19.8. The summed E-state index contributed by atoms with van der Waals surface area (Å²) in [5, 5.41) is 8.31. The van der Waals surface area contributed by atoms with Crippen molar-refractivity contribution < 1.29 is 4.39 Å². The lowest BCUT2D eigenvalue weighted by Crippen LogP contribution is -2.25. The molecule has 3 heterocycles. The van der Waals surface area contributed by atoms with Crippen LogP contribution in [-0.2, 0) is 6.54 Å². The summed E-state index contributed by atoms with van der Waals surface area (Å²) in [5.74, 6) is 0.915. The van der Waals surface area contributed by atoms with Gasteiger partial charge in [-0.25, -0.2) is 9.37 Å². The van der Waals surface area contributed by atoms with Gasteiger partial charge in [0, 0.05) is 49.2 Å². The van der Waals surface area contributed by atoms with Crippen LogP contribution in [0.3, 0.4) is 0 Å². The highest BCUT2D eigenvalue weighted by molar-refractivity contribution is 5.93. The van der Waals surface area contributed by atoms with Crippen LogP contribution in [0.1, 0.15) is 35.7 Å². The number of halogens is 1. The molecule has 150 valence electrons. The Bertz CT molecular complexity index is 1030. The average molecular weight is 391 g/mol. The maximum Gasteiger partial charge on any atom is 0.131 e. The molecule has 3 aromatic rings. The smallest absolute Gasteiger partial charge is 0.131 e. The molecule has 2 aliphatic heterocycles. The summed E-state index contributed by atoms with van der Waals surface area (Å²) >= 11 is 0. The summed E-state index contributed by atoms with van der Waals surface area (Å²) in [6, 6.07) is 16.8. The van der Waals surface area contributed by atoms with Gasteiger partial charge in [0.05, 0.1) is 5.52 Å². The van der Waals surface area contributed by atoms with E-state index in [1.807, 2.05) is 24.3 Å². The number of aromatic nitrogens is 1. The fourth-order valence-electron chi connectivity index (χ4n) is 4.49. The van der Waals surface area contributed by atoms with E-state index in [1.165, 1.54) is 5.56 Å². The van der Waals surface area contributed by atoms with E-state index in [4.69, 9.17) is 4.98 Å². The van der Waals surface area contributed by atoms with Crippen LogP contribution < -0.4 is 15.5 Å². The Morgan fingerprint density at radius 1 is 1.14 bits per heavy atom. The molecule has 1 fully saturated rings. The molecule has 2 unspecified atom stereocenters. The maximum atomic E-state index is 14.7. The maximum absolute atomic E-state index is 14.7. The fourth-order valence-corrected chi connectivity index (χ4v) is 4.49. The van der Waals surface area contributed by atoms with Crippen molar-refractivity contribution in [2.24, 2.45) is 0 Å². The van der Waals surface area contributed by atoms with Crippen molar-refractivity contribution in [1.82, 2.24) is 10.3 Å². The Labute approximate surface area is 171 Å². The van der Waals surface area contributed by atoms with E-state index in [1.54, 1.807) is 0 Å². The summed E-state index contributed by atoms with van der Waals surface area (Å²) in [6.45, 7) is 5.48. The molecule has 1 saturated heterocycles. The molecule has 0 spiro atoms. The standard InChI is InChI=1S/C24H27FN4/c1-16-6-7-22-20(12-16)23(27-18-8-10-26-14-18)13-24(28-22)29-11-9-21(25)19-5-3-2-4-17(19)15-29/h2-7,12-13,18,21,26H,8-11,14-15H2,1H3,(H,27,28). The SMILES string of the molecule is Cc1ccc2nc(N3CCC(F)c4ccccc4C3)cc(NC3CCNC3)c2c1. The number of aryl methyl sites for hydroxylation is 1. The lowest BCUT2D eigenvalue weighted by molar-refractivity contribution is 0.329. The first-order valence-electron chi connectivity index (χ1n) is 10.5. The Morgan fingerprint density at radius 3 is 2.90 bits per heavy atom. The minimum Gasteiger partial charge on any atom is -0.380 e. The molecule has 2 aliphatic rings. The molecule has 0 saturated carbocycles. The molecule has 1 aromatic heterocycles. The van der Waals surface area contributed by atoms with Crippen LogP contribution in [-0.4, -0.2) is 30.7 Å². The van der Waals surface area contributed by atoms with E-state index >= 15 is 0 Å². The second-order valence-electron chi connectivity index (χ2n) is 8.26. The van der Waals surface area contributed by atoms with Crippen molar-refractivity contribution >= 4 is 22.4 Å². The van der Waals surface area contributed by atoms with Crippen molar-refractivity contribution in [1.29, 1.82) is 0 Å². The van der Waals surface area contributed by atoms with E-state index in [2.05, 4.69) is 46.7 Å². The normalized spacial score (nSPS) is 21.8. The predicted molar refractivity (Wildman–Crippen MR) is 117 cm³/mol. The highest BCUT2D eigenvalue weighted by atomic mass is 19.1. The topological polar surface area (TPSA) is 40.2 Å². The van der Waals surface area contributed by atoms with Gasteiger partial charge in [0.2, 0.25) is 0 Å². The molecule has 0 aliphatic carbocycles. The number of anilines is 2. The van der Waals surface area contributed by atoms with Crippen LogP contribution in [0.25, 0.3) is 10.9 Å². The van der Waals surface area contributed by atoms with E-state index in [-0.39, 0.29) is 0 Å². The lowest BCUT2D eigenvalue weighted by atomic mass is 10.0. The minimum absolute atomic E-state index is 0.425. The van der Waals surface area contributed by atoms with Gasteiger partial charge < -0.3 is 15.5 Å². The van der Waals surface area contributed by atoms with Crippen LogP contribution in [0.5, 0.6) is 0 Å². The third kappa shape index (κ3) is 3.67. The first-order valence-corrected chi connectivity index (χ1v) is 10.5. The van der Waals surface area contributed by atoms with Crippen LogP contribution in [0, 0.1) is 6.92 Å². The van der Waals surface area contributed by atoms with Gasteiger partial charge in [0.1, 0.15) is 12.0 Å². The van der Waals surface area contributed by atoms with Gasteiger partial charge in [-0.05, 0) is 43.1 Å². The van der Waals surface area contributed by atoms with Gasteiger partial charge in [-0.1, -0.05) is 35.9 Å². The Hall–Kier alpha value is -2.66. The van der Waals surface area contributed by atoms with Crippen molar-refractivity contribution in [2.45, 2.75) is 38.5 Å². The van der Waals surface area contributed by atoms with Gasteiger partial charge in [-0.15, -0.1) is 0 Å². The molecule has 0 radical (unpaired) electrons. The van der Waals surface area contributed by atoms with Crippen molar-refractivity contribution in [2.75, 3.05) is 29.9 Å². The molecule has 0 amide bonds. The Balaban J connectivity index is 1.55. The number of nitrogens with zero attached hydrogens (tertiary/aromatic N) is 2. The third-order valence-corrected chi connectivity index (χ3v) is 6.10. The first-order chi connectivity index (χ1) is 14.2. The molecular formula is C24H27FN4. The van der Waals surface area contributed by atoms with Crippen molar-refractivity contribution in [3.05, 3.63) is 65.2 Å². The summed E-state index contributed by atoms with van der Waals surface area (Å²) in [6.07, 6.45) is 0.687. The molecule has 2 N–H and O–H groups in total. The van der Waals surface area contributed by atoms with E-state index in [9.17, 15) is 4.39 Å². The second kappa shape index (κ2) is 7.64. The lowest BCUT2D eigenvalue weighted by Gasteiger charge is -2.24. The van der Waals surface area contributed by atoms with Gasteiger partial charge >= 0.3 is 0 Å². The van der Waals surface area contributed by atoms with Crippen molar-refractivity contribution in [3.63, 3.8) is 0 Å². The quantitative estimate of drug-likeness (QED) is 0.678. The van der Waals surface area contributed by atoms with E-state index in [0.29, 0.717) is 25.6 Å². The third-order valence-electron chi connectivity index (χ3n) is 6.10. The highest BCUT2D eigenvalue weighted by Crippen LogP contribution is 2.34. The molecule has 29 heavy (non-hydrogen) atoms. The second-order valence-corrected chi connectivity index (χ2v) is 8.26. The van der Waals surface area contributed by atoms with Crippen LogP contribution in [0.4, 0.5) is 15.9 Å². The van der Waals surface area contributed by atoms with Crippen LogP contribution in [0.2, 0.25) is 0 Å². The number of hydrogen-bond acceptors (Lipinski definition) is 4. The zero-order valence-corrected chi connectivity index (χ0v) is 16.8. The Kier molecular flexibility index (Phi) is 4.84. The number of fused-ring (bicyclic) bond motifs is 2. The monoisotopic (exact) mass is 390 g/mol. The average Bonchev–Trinajstić information content (AvgIpc) is 3.18. The Morgan fingerprint density at radius 2 is 2.03 bits per heavy atom. The van der Waals surface area contributed by atoms with Gasteiger partial charge in [0.15, 0.2) is 0 Å². The molecule has 2 aromatic carbocycles. The molecule has 4 nitrogen and oxygen atoms in total. The molecule has 5 rings (SSSR count). The summed E-state index contributed by atoms with van der Waals surface area (Å²) in [7, 11) is 0. The number of hydrogen-bond donors (Lipinski definition) is 2. The number of rotatable bonds is 3. The summed E-state index contributed by atoms with van der Waals surface area (Å²) < 4.78 is 14.7. The van der Waals surface area contributed by atoms with E-state index in [0.717, 1.165) is 53.0 Å². The summed E-state index contributed by atoms with van der Waals surface area (Å²) in [5.41, 5.74) is 5.20. The highest BCUT2D eigenvalue weighted by Gasteiger charge is 2.24. The number of pyridine rings is 1. The molecule has 5 heteroatoms. The zero-order valence-electron chi connectivity index (χ0n) is 16.8. The number of nitrogens with one attached hydrogen (secondary N) is 2. The predicted octanol–water partition coefficient (Wildman–Crippen LogP) is 4.74. The molecule has 0 bridgehead atoms. The van der Waals surface area contributed by atoms with Gasteiger partial charge in [-0.2, -0.15) is 0 Å². The van der Waals surface area contributed by atoms with Crippen LogP contribution in [0.15, 0.2) is 48.5 Å². The molecular weight excluding hydrogens is 363 g/mol. The number of alkyl halides is 1. The minimum atomic E-state index is -0.915. The van der Waals surface area contributed by atoms with Gasteiger partial charge in [0.25, 0.3) is 0 Å². The van der Waals surface area contributed by atoms with E-state index < -0.39 is 6.17 Å². The van der Waals surface area contributed by atoms with Gasteiger partial charge in [-0.3, -0.25) is 0 Å².